The number of anilines is 1. The van der Waals surface area contributed by atoms with Crippen LogP contribution < -0.4 is 5.73 Å². The molecule has 514 valence electrons. The molecule has 0 saturated carbocycles. The number of halogens is 2. The van der Waals surface area contributed by atoms with Crippen molar-refractivity contribution in [1.82, 2.24) is 28.7 Å². The van der Waals surface area contributed by atoms with Crippen molar-refractivity contribution in [3.05, 3.63) is 342 Å². The second kappa shape index (κ2) is 26.6. The van der Waals surface area contributed by atoms with Gasteiger partial charge in [-0.25, -0.2) is 31.8 Å². The van der Waals surface area contributed by atoms with Gasteiger partial charge in [-0.2, -0.15) is 0 Å². The highest BCUT2D eigenvalue weighted by atomic mass is 79.9. The number of fused-ring (bicyclic) bond motifs is 10. The maximum Gasteiger partial charge on any atom is 0.210 e. The van der Waals surface area contributed by atoms with Crippen LogP contribution in [0.3, 0.4) is 0 Å². The highest BCUT2D eigenvalue weighted by Crippen LogP contribution is 2.49. The minimum Gasteiger partial charge on any atom is -0.398 e. The van der Waals surface area contributed by atoms with Crippen molar-refractivity contribution in [2.24, 2.45) is 0 Å². The van der Waals surface area contributed by atoms with Gasteiger partial charge >= 0.3 is 0 Å². The molecule has 0 spiro atoms. The predicted molar refractivity (Wildman–Crippen MR) is 440 cm³/mol. The molecule has 7 heterocycles. The smallest absolute Gasteiger partial charge is 0.210 e. The van der Waals surface area contributed by atoms with Gasteiger partial charge in [-0.3, -0.25) is 13.7 Å². The van der Waals surface area contributed by atoms with Crippen LogP contribution in [0.2, 0.25) is 0 Å². The molecule has 4 aliphatic rings. The average Bonchev–Trinajstić information content (AvgIpc) is 1.61. The topological polar surface area (TPSA) is 148 Å². The molecule has 3 aromatic heterocycles. The lowest BCUT2D eigenvalue weighted by molar-refractivity contribution is 0.593. The lowest BCUT2D eigenvalue weighted by Crippen LogP contribution is -2.14. The average molecular weight is 1590 g/mol. The summed E-state index contributed by atoms with van der Waals surface area (Å²) in [5, 5.41) is 4.82. The van der Waals surface area contributed by atoms with Gasteiger partial charge in [-0.05, 0) is 170 Å². The summed E-state index contributed by atoms with van der Waals surface area (Å²) in [4.78, 5) is 21.0. The molecular formula is C90H57Br2N7O4S4. The summed E-state index contributed by atoms with van der Waals surface area (Å²) in [6.07, 6.45) is 0.963. The summed E-state index contributed by atoms with van der Waals surface area (Å²) < 4.78 is 61.4. The van der Waals surface area contributed by atoms with Crippen LogP contribution in [0.1, 0.15) is 11.1 Å². The van der Waals surface area contributed by atoms with Gasteiger partial charge in [0.25, 0.3) is 0 Å². The Morgan fingerprint density at radius 1 is 0.308 bits per heavy atom. The van der Waals surface area contributed by atoms with Crippen molar-refractivity contribution in [3.8, 4) is 73.5 Å². The van der Waals surface area contributed by atoms with Crippen LogP contribution in [0.5, 0.6) is 0 Å². The van der Waals surface area contributed by atoms with Crippen molar-refractivity contribution in [2.45, 2.75) is 45.6 Å². The minimum atomic E-state index is -3.65. The monoisotopic (exact) mass is 1590 g/mol. The quantitative estimate of drug-likeness (QED) is 0.130. The van der Waals surface area contributed by atoms with E-state index >= 15 is 0 Å². The third kappa shape index (κ3) is 11.2. The number of para-hydroxylation sites is 6. The number of nitrogens with two attached hydrogens (primary N) is 1. The van der Waals surface area contributed by atoms with Crippen molar-refractivity contribution in [2.75, 3.05) is 5.73 Å². The molecule has 0 bridgehead atoms. The molecule has 15 aromatic carbocycles. The van der Waals surface area contributed by atoms with E-state index in [0.717, 1.165) is 66.3 Å². The van der Waals surface area contributed by atoms with Gasteiger partial charge in [0.15, 0.2) is 0 Å². The second-order valence-electron chi connectivity index (χ2n) is 26.2. The maximum absolute atomic E-state index is 13.5. The van der Waals surface area contributed by atoms with Crippen molar-refractivity contribution < 1.29 is 16.8 Å². The van der Waals surface area contributed by atoms with Crippen LogP contribution in [0.4, 0.5) is 5.69 Å². The van der Waals surface area contributed by atoms with Crippen molar-refractivity contribution in [3.63, 3.8) is 0 Å². The molecule has 22 rings (SSSR count). The molecule has 0 fully saturated rings. The Bertz CT molecular complexity index is 6870. The first kappa shape index (κ1) is 66.3. The molecular weight excluding hydrogens is 1530 g/mol. The summed E-state index contributed by atoms with van der Waals surface area (Å²) in [5.41, 5.74) is 24.6. The van der Waals surface area contributed by atoms with Gasteiger partial charge in [0.1, 0.15) is 17.5 Å². The summed E-state index contributed by atoms with van der Waals surface area (Å²) in [6, 6.07) is 107. The highest BCUT2D eigenvalue weighted by molar-refractivity contribution is 9.10. The predicted octanol–water partition coefficient (Wildman–Crippen LogP) is 23.3. The van der Waals surface area contributed by atoms with Gasteiger partial charge in [-0.15, -0.1) is 0 Å². The van der Waals surface area contributed by atoms with Gasteiger partial charge in [0.2, 0.25) is 19.7 Å². The molecule has 17 heteroatoms. The lowest BCUT2D eigenvalue weighted by atomic mass is 9.86. The number of hydrogen-bond acceptors (Lipinski definition) is 10. The van der Waals surface area contributed by atoms with Crippen LogP contribution in [-0.4, -0.2) is 45.5 Å². The maximum atomic E-state index is 13.5. The molecule has 11 nitrogen and oxygen atoms in total. The lowest BCUT2D eigenvalue weighted by Gasteiger charge is -2.21. The number of aromatic nitrogens is 6. The Kier molecular flexibility index (Phi) is 16.5. The number of imidazole rings is 3. The number of benzene rings is 15. The third-order valence-corrected chi connectivity index (χ3v) is 27.0. The fraction of sp³-hybridized carbons (Fsp3) is 0.0111. The van der Waals surface area contributed by atoms with Crippen LogP contribution in [0.25, 0.3) is 128 Å². The molecule has 0 aliphatic carbocycles. The van der Waals surface area contributed by atoms with E-state index in [1.807, 2.05) is 105 Å². The van der Waals surface area contributed by atoms with Crippen LogP contribution in [0, 0.1) is 0 Å². The molecule has 18 aromatic rings. The van der Waals surface area contributed by atoms with Gasteiger partial charge in [-0.1, -0.05) is 262 Å². The molecule has 0 atom stereocenters. The SMILES string of the molecule is Brc1ccc(-c2nc3cccc4c3n2-c2ccccc2S4)cc1.Nc1cccc2c1Cc1ccccc1S2.O=S1(=O)c2ccccc2-n2c(-c3ccc(-c4c5ccccc5c(-c5ccccc5)c5ccccc45)cc3)nc3cccc1c32.O=S1(=O)c2ccccc2-n2c(-c3ccc(Br)cc3)nc3cccc1c32. The fourth-order valence-electron chi connectivity index (χ4n) is 15.2. The zero-order valence-corrected chi connectivity index (χ0v) is 63.0. The van der Waals surface area contributed by atoms with E-state index in [-0.39, 0.29) is 0 Å². The second-order valence-corrected chi connectivity index (χ2v) is 34.0. The largest absolute Gasteiger partial charge is 0.398 e. The standard InChI is InChI=1S/C39H24N2O2S.C19H11BrN2O2S.C19H11BrN2S.C13H11NS/c42-44(43)34-19-9-8-18-33(34)41-38-32(17-10-20-35(38)44)40-39(41)27-23-21-26(22-24-27)37-30-15-6-4-13-28(30)36(25-11-2-1-3-12-25)29-14-5-7-16-31(29)37;20-13-10-8-12(9-11-13)19-21-14-4-3-7-17-18(14)22(19)15-5-1-2-6-16(15)25(17,23)24;20-13-10-8-12(9-11-13)19-21-14-4-3-7-17-18(14)22(19)15-5-1-2-6-16(15)23-17;14-11-5-3-7-13-10(11)8-9-4-1-2-6-12(9)15-13/h1-24H;1-11H;1-11H;1-7H,8,14H2. The Balaban J connectivity index is 0.000000105. The number of nitrogen functional groups attached to an aromatic ring is 1. The van der Waals surface area contributed by atoms with Crippen molar-refractivity contribution in [1.29, 1.82) is 0 Å². The Morgan fingerprint density at radius 3 is 1.19 bits per heavy atom. The molecule has 0 saturated heterocycles. The highest BCUT2D eigenvalue weighted by Gasteiger charge is 2.36. The zero-order chi connectivity index (χ0) is 72.2. The molecule has 4 aliphatic heterocycles. The first-order chi connectivity index (χ1) is 52.3. The Morgan fingerprint density at radius 2 is 0.664 bits per heavy atom. The van der Waals surface area contributed by atoms with E-state index in [4.69, 9.17) is 20.7 Å². The third-order valence-electron chi connectivity index (χ3n) is 20.0. The van der Waals surface area contributed by atoms with Crippen LogP contribution >= 0.6 is 55.4 Å². The molecule has 0 radical (unpaired) electrons. The number of sulfone groups is 2. The number of hydrogen-bond donors (Lipinski definition) is 1. The van der Waals surface area contributed by atoms with E-state index in [1.165, 1.54) is 80.1 Å². The minimum absolute atomic E-state index is 0.292. The molecule has 0 amide bonds. The summed E-state index contributed by atoms with van der Waals surface area (Å²) >= 11 is 10.6. The van der Waals surface area contributed by atoms with E-state index in [0.29, 0.717) is 53.0 Å². The van der Waals surface area contributed by atoms with Crippen molar-refractivity contribution >= 4 is 135 Å². The molecule has 2 N–H and O–H groups in total. The van der Waals surface area contributed by atoms with Gasteiger partial charge in [0, 0.05) is 57.3 Å². The first-order valence-corrected chi connectivity index (χ1v) is 40.8. The van der Waals surface area contributed by atoms with E-state index in [2.05, 4.69) is 237 Å². The first-order valence-electron chi connectivity index (χ1n) is 34.6. The van der Waals surface area contributed by atoms with E-state index in [9.17, 15) is 16.8 Å². The normalized spacial score (nSPS) is 13.4. The van der Waals surface area contributed by atoms with E-state index in [1.54, 1.807) is 48.5 Å². The van der Waals surface area contributed by atoms with Gasteiger partial charge < -0.3 is 5.73 Å². The van der Waals surface area contributed by atoms with Crippen LogP contribution in [0.15, 0.2) is 370 Å². The molecule has 107 heavy (non-hydrogen) atoms. The summed E-state index contributed by atoms with van der Waals surface area (Å²) in [7, 11) is -7.20. The van der Waals surface area contributed by atoms with Gasteiger partial charge in [0.05, 0.1) is 69.7 Å². The Hall–Kier alpha value is -11.4. The number of nitrogens with zero attached hydrogens (tertiary/aromatic N) is 6. The number of rotatable bonds is 5. The van der Waals surface area contributed by atoms with Crippen LogP contribution in [-0.2, 0) is 26.1 Å². The summed E-state index contributed by atoms with van der Waals surface area (Å²) in [6.45, 7) is 0. The molecule has 0 unspecified atom stereocenters. The Labute approximate surface area is 641 Å². The van der Waals surface area contributed by atoms with E-state index < -0.39 is 19.7 Å². The zero-order valence-electron chi connectivity index (χ0n) is 56.6. The summed E-state index contributed by atoms with van der Waals surface area (Å²) in [5.74, 6) is 2.44. The fourth-order valence-corrected chi connectivity index (χ4v) is 21.2.